The number of rotatable bonds is 3. The summed E-state index contributed by atoms with van der Waals surface area (Å²) in [5.74, 6) is 2.35. The molecule has 0 amide bonds. The van der Waals surface area contributed by atoms with Gasteiger partial charge in [-0.1, -0.05) is 30.3 Å². The molecule has 1 aliphatic heterocycles. The molecule has 6 rings (SSSR count). The average Bonchev–Trinajstić information content (AvgIpc) is 3.45. The van der Waals surface area contributed by atoms with Crippen molar-refractivity contribution in [2.75, 3.05) is 18.0 Å². The van der Waals surface area contributed by atoms with Crippen molar-refractivity contribution in [2.45, 2.75) is 18.8 Å². The highest BCUT2D eigenvalue weighted by Gasteiger charge is 2.29. The smallest absolute Gasteiger partial charge is 0.274 e. The predicted octanol–water partition coefficient (Wildman–Crippen LogP) is 3.25. The van der Waals surface area contributed by atoms with E-state index in [0.717, 1.165) is 54.3 Å². The van der Waals surface area contributed by atoms with Crippen molar-refractivity contribution >= 4 is 27.8 Å². The van der Waals surface area contributed by atoms with Crippen molar-refractivity contribution in [1.29, 1.82) is 0 Å². The summed E-state index contributed by atoms with van der Waals surface area (Å²) in [6.45, 7) is 1.63. The lowest BCUT2D eigenvalue weighted by molar-refractivity contribution is 0.409. The van der Waals surface area contributed by atoms with E-state index in [4.69, 9.17) is 9.40 Å². The third-order valence-electron chi connectivity index (χ3n) is 6.38. The van der Waals surface area contributed by atoms with Crippen LogP contribution in [0, 0.1) is 0 Å². The summed E-state index contributed by atoms with van der Waals surface area (Å²) in [6, 6.07) is 15.3. The minimum atomic E-state index is -0.131. The van der Waals surface area contributed by atoms with Crippen molar-refractivity contribution in [3.8, 4) is 11.5 Å². The molecule has 2 aromatic carbocycles. The van der Waals surface area contributed by atoms with Gasteiger partial charge in [-0.05, 0) is 31.0 Å². The van der Waals surface area contributed by atoms with Gasteiger partial charge in [0.15, 0.2) is 17.3 Å². The molecular weight excluding hydrogens is 418 g/mol. The van der Waals surface area contributed by atoms with Crippen LogP contribution in [-0.2, 0) is 14.1 Å². The van der Waals surface area contributed by atoms with Gasteiger partial charge in [0.25, 0.3) is 5.56 Å². The zero-order valence-electron chi connectivity index (χ0n) is 18.5. The van der Waals surface area contributed by atoms with E-state index in [1.54, 1.807) is 7.05 Å². The minimum absolute atomic E-state index is 0.131. The average molecular weight is 441 g/mol. The van der Waals surface area contributed by atoms with Crippen LogP contribution in [0.1, 0.15) is 24.7 Å². The maximum atomic E-state index is 12.5. The van der Waals surface area contributed by atoms with E-state index in [2.05, 4.69) is 20.2 Å². The third kappa shape index (κ3) is 3.19. The number of hydrogen-bond donors (Lipinski definition) is 0. The van der Waals surface area contributed by atoms with Crippen LogP contribution in [0.25, 0.3) is 33.4 Å². The molecule has 1 aliphatic rings. The highest BCUT2D eigenvalue weighted by molar-refractivity contribution is 5.92. The van der Waals surface area contributed by atoms with Crippen LogP contribution in [0.15, 0.2) is 57.7 Å². The Hall–Kier alpha value is -4.01. The Labute approximate surface area is 189 Å². The monoisotopic (exact) mass is 441 g/mol. The molecule has 0 saturated carbocycles. The molecule has 0 N–H and O–H groups in total. The Balaban J connectivity index is 1.36. The summed E-state index contributed by atoms with van der Waals surface area (Å²) in [6.07, 6.45) is 2.02. The summed E-state index contributed by atoms with van der Waals surface area (Å²) in [5.41, 5.74) is 2.21. The Bertz CT molecular complexity index is 1510. The molecule has 9 nitrogen and oxygen atoms in total. The number of hydrogen-bond acceptors (Lipinski definition) is 7. The molecule has 1 fully saturated rings. The van der Waals surface area contributed by atoms with Crippen LogP contribution in [0.4, 0.5) is 5.95 Å². The van der Waals surface area contributed by atoms with Gasteiger partial charge in [0, 0.05) is 32.6 Å². The van der Waals surface area contributed by atoms with Gasteiger partial charge in [-0.25, -0.2) is 9.67 Å². The number of anilines is 1. The Kier molecular flexibility index (Phi) is 4.49. The molecule has 1 atom stereocenters. The lowest BCUT2D eigenvalue weighted by Crippen LogP contribution is -2.36. The number of nitrogens with zero attached hydrogens (tertiary/aromatic N) is 7. The topological polar surface area (TPSA) is 94.9 Å². The Morgan fingerprint density at radius 2 is 1.79 bits per heavy atom. The SMILES string of the molecule is Cn1c(-c2nn(C)c(=O)c3ccccc23)nnc1N1CCCC(c2nc3ccccc3o2)C1. The number of fused-ring (bicyclic) bond motifs is 2. The molecule has 4 heterocycles. The summed E-state index contributed by atoms with van der Waals surface area (Å²) in [5, 5.41) is 14.9. The van der Waals surface area contributed by atoms with Crippen LogP contribution in [0.3, 0.4) is 0 Å². The van der Waals surface area contributed by atoms with Crippen LogP contribution in [0.2, 0.25) is 0 Å². The molecule has 33 heavy (non-hydrogen) atoms. The van der Waals surface area contributed by atoms with Crippen LogP contribution in [0.5, 0.6) is 0 Å². The molecule has 1 saturated heterocycles. The zero-order chi connectivity index (χ0) is 22.5. The number of para-hydroxylation sites is 2. The largest absolute Gasteiger partial charge is 0.440 e. The fraction of sp³-hybridized carbons (Fsp3) is 0.292. The Morgan fingerprint density at radius 1 is 1.00 bits per heavy atom. The molecule has 3 aromatic heterocycles. The molecule has 0 aliphatic carbocycles. The predicted molar refractivity (Wildman–Crippen MR) is 125 cm³/mol. The number of piperidine rings is 1. The van der Waals surface area contributed by atoms with Crippen molar-refractivity contribution < 1.29 is 4.42 Å². The van der Waals surface area contributed by atoms with E-state index in [-0.39, 0.29) is 11.5 Å². The first-order valence-corrected chi connectivity index (χ1v) is 11.1. The quantitative estimate of drug-likeness (QED) is 0.424. The molecule has 9 heteroatoms. The lowest BCUT2D eigenvalue weighted by atomic mass is 9.98. The zero-order valence-corrected chi connectivity index (χ0v) is 18.5. The van der Waals surface area contributed by atoms with Crippen molar-refractivity contribution in [3.05, 3.63) is 64.8 Å². The number of aryl methyl sites for hydroxylation is 1. The van der Waals surface area contributed by atoms with Gasteiger partial charge in [0.05, 0.1) is 11.3 Å². The third-order valence-corrected chi connectivity index (χ3v) is 6.38. The molecular formula is C24H23N7O2. The number of aromatic nitrogens is 6. The number of benzene rings is 2. The first-order chi connectivity index (χ1) is 16.1. The number of oxazole rings is 1. The molecule has 1 unspecified atom stereocenters. The van der Waals surface area contributed by atoms with Gasteiger partial charge in [0.2, 0.25) is 5.95 Å². The molecule has 5 aromatic rings. The van der Waals surface area contributed by atoms with Crippen molar-refractivity contribution in [1.82, 2.24) is 29.5 Å². The van der Waals surface area contributed by atoms with Crippen molar-refractivity contribution in [3.63, 3.8) is 0 Å². The molecule has 0 spiro atoms. The normalized spacial score (nSPS) is 16.7. The first-order valence-electron chi connectivity index (χ1n) is 11.1. The van der Waals surface area contributed by atoms with E-state index in [1.807, 2.05) is 60.1 Å². The van der Waals surface area contributed by atoms with Crippen LogP contribution < -0.4 is 10.5 Å². The summed E-state index contributed by atoms with van der Waals surface area (Å²) in [4.78, 5) is 19.5. The van der Waals surface area contributed by atoms with E-state index >= 15 is 0 Å². The van der Waals surface area contributed by atoms with Gasteiger partial charge in [-0.3, -0.25) is 9.36 Å². The second kappa shape index (κ2) is 7.54. The van der Waals surface area contributed by atoms with E-state index in [0.29, 0.717) is 16.9 Å². The second-order valence-electron chi connectivity index (χ2n) is 8.51. The van der Waals surface area contributed by atoms with Crippen LogP contribution >= 0.6 is 0 Å². The molecule has 0 bridgehead atoms. The van der Waals surface area contributed by atoms with Gasteiger partial charge in [-0.15, -0.1) is 10.2 Å². The fourth-order valence-corrected chi connectivity index (χ4v) is 4.69. The first kappa shape index (κ1) is 19.7. The highest BCUT2D eigenvalue weighted by Crippen LogP contribution is 2.32. The second-order valence-corrected chi connectivity index (χ2v) is 8.51. The molecule has 166 valence electrons. The van der Waals surface area contributed by atoms with Gasteiger partial charge < -0.3 is 9.32 Å². The lowest BCUT2D eigenvalue weighted by Gasteiger charge is -2.31. The fourth-order valence-electron chi connectivity index (χ4n) is 4.69. The summed E-state index contributed by atoms with van der Waals surface area (Å²) in [7, 11) is 3.60. The summed E-state index contributed by atoms with van der Waals surface area (Å²) < 4.78 is 9.36. The maximum absolute atomic E-state index is 12.5. The van der Waals surface area contributed by atoms with Gasteiger partial charge in [0.1, 0.15) is 11.2 Å². The van der Waals surface area contributed by atoms with Crippen LogP contribution in [-0.4, -0.2) is 42.6 Å². The van der Waals surface area contributed by atoms with Crippen molar-refractivity contribution in [2.24, 2.45) is 14.1 Å². The van der Waals surface area contributed by atoms with Gasteiger partial charge >= 0.3 is 0 Å². The maximum Gasteiger partial charge on any atom is 0.274 e. The Morgan fingerprint density at radius 3 is 2.64 bits per heavy atom. The van der Waals surface area contributed by atoms with E-state index in [1.165, 1.54) is 4.68 Å². The standard InChI is InChI=1S/C24H23N7O2/c1-29-21(20-16-9-3-4-10-17(16)23(32)30(2)28-20)26-27-24(29)31-13-7-8-15(14-31)22-25-18-11-5-6-12-19(18)33-22/h3-6,9-12,15H,7-8,13-14H2,1-2H3. The van der Waals surface area contributed by atoms with E-state index in [9.17, 15) is 4.79 Å². The molecule has 0 radical (unpaired) electrons. The van der Waals surface area contributed by atoms with E-state index < -0.39 is 0 Å². The van der Waals surface area contributed by atoms with Gasteiger partial charge in [-0.2, -0.15) is 5.10 Å². The summed E-state index contributed by atoms with van der Waals surface area (Å²) >= 11 is 0. The highest BCUT2D eigenvalue weighted by atomic mass is 16.3. The minimum Gasteiger partial charge on any atom is -0.440 e.